The van der Waals surface area contributed by atoms with Gasteiger partial charge in [-0.15, -0.1) is 0 Å². The highest BCUT2D eigenvalue weighted by molar-refractivity contribution is 6.27. The van der Waals surface area contributed by atoms with Gasteiger partial charge in [0.15, 0.2) is 0 Å². The van der Waals surface area contributed by atoms with Crippen molar-refractivity contribution in [3.05, 3.63) is 140 Å². The zero-order chi connectivity index (χ0) is 28.8. The van der Waals surface area contributed by atoms with Crippen LogP contribution >= 0.6 is 0 Å². The van der Waals surface area contributed by atoms with Crippen LogP contribution in [0.25, 0.3) is 82.6 Å². The average Bonchev–Trinajstić information content (AvgIpc) is 3.44. The van der Waals surface area contributed by atoms with Gasteiger partial charge in [-0.2, -0.15) is 0 Å². The summed E-state index contributed by atoms with van der Waals surface area (Å²) in [5.74, 6) is 2.37. The van der Waals surface area contributed by atoms with Gasteiger partial charge in [-0.05, 0) is 52.2 Å². The summed E-state index contributed by atoms with van der Waals surface area (Å²) in [6.45, 7) is 0. The lowest BCUT2D eigenvalue weighted by Crippen LogP contribution is -2.03. The summed E-state index contributed by atoms with van der Waals surface area (Å²) in [6.07, 6.45) is 0. The van der Waals surface area contributed by atoms with Crippen LogP contribution in [-0.4, -0.2) is 14.5 Å². The van der Waals surface area contributed by atoms with Crippen LogP contribution in [0, 0.1) is 0 Å². The van der Waals surface area contributed by atoms with Crippen molar-refractivity contribution >= 4 is 54.3 Å². The smallest absolute Gasteiger partial charge is 0.235 e. The van der Waals surface area contributed by atoms with E-state index in [9.17, 15) is 0 Å². The zero-order valence-electron chi connectivity index (χ0n) is 23.5. The second-order valence-corrected chi connectivity index (χ2v) is 11.4. The number of nitrogens with zero attached hydrogens (tertiary/aromatic N) is 3. The van der Waals surface area contributed by atoms with Crippen molar-refractivity contribution in [3.8, 4) is 39.8 Å². The van der Waals surface area contributed by atoms with Gasteiger partial charge in [0.1, 0.15) is 11.5 Å². The molecule has 0 N–H and O–H groups in total. The number of hydrogen-bond acceptors (Lipinski definition) is 3. The molecule has 3 heterocycles. The standard InChI is InChI=1S/C40H23N3O/c1-3-10-24(11-4-1)27-21-23-34-35-29(27)20-22-32-37(35)36-31(16-9-17-33(36)44-34)43(32)40-41-38(26-13-5-2-6-14-26)30-19-18-25-12-7-8-15-28(25)39(30)42-40/h1-23H. The monoisotopic (exact) mass is 561 g/mol. The van der Waals surface area contributed by atoms with Crippen molar-refractivity contribution < 1.29 is 4.74 Å². The lowest BCUT2D eigenvalue weighted by atomic mass is 9.94. The predicted molar refractivity (Wildman–Crippen MR) is 180 cm³/mol. The van der Waals surface area contributed by atoms with E-state index in [0.29, 0.717) is 5.95 Å². The third-order valence-electron chi connectivity index (χ3n) is 8.99. The Hall–Kier alpha value is -6.00. The molecule has 0 amide bonds. The second-order valence-electron chi connectivity index (χ2n) is 11.4. The van der Waals surface area contributed by atoms with E-state index in [2.05, 4.69) is 138 Å². The highest BCUT2D eigenvalue weighted by Gasteiger charge is 2.26. The molecular weight excluding hydrogens is 538 g/mol. The maximum atomic E-state index is 6.59. The second kappa shape index (κ2) is 8.76. The molecule has 0 spiro atoms. The topological polar surface area (TPSA) is 39.9 Å². The van der Waals surface area contributed by atoms with E-state index in [1.165, 1.54) is 21.9 Å². The van der Waals surface area contributed by atoms with Crippen molar-refractivity contribution in [2.24, 2.45) is 0 Å². The number of hydrogen-bond donors (Lipinski definition) is 0. The van der Waals surface area contributed by atoms with E-state index in [0.717, 1.165) is 66.2 Å². The Balaban J connectivity index is 1.36. The molecule has 44 heavy (non-hydrogen) atoms. The quantitative estimate of drug-likeness (QED) is 0.202. The largest absolute Gasteiger partial charge is 0.456 e. The average molecular weight is 562 g/mol. The lowest BCUT2D eigenvalue weighted by molar-refractivity contribution is 0.493. The summed E-state index contributed by atoms with van der Waals surface area (Å²) in [7, 11) is 0. The number of aromatic nitrogens is 3. The van der Waals surface area contributed by atoms with Gasteiger partial charge >= 0.3 is 0 Å². The van der Waals surface area contributed by atoms with Crippen molar-refractivity contribution in [1.82, 2.24) is 14.5 Å². The van der Waals surface area contributed by atoms with Gasteiger partial charge in [-0.1, -0.05) is 109 Å². The Morgan fingerprint density at radius 2 is 1.18 bits per heavy atom. The third kappa shape index (κ3) is 3.17. The van der Waals surface area contributed by atoms with Crippen LogP contribution in [0.3, 0.4) is 0 Å². The lowest BCUT2D eigenvalue weighted by Gasteiger charge is -2.18. The number of rotatable bonds is 3. The van der Waals surface area contributed by atoms with Crippen LogP contribution in [0.1, 0.15) is 0 Å². The SMILES string of the molecule is c1ccc(-c2nc(-n3c4cccc5c4c4c6c(ccc(-c7ccccc7)c6ccc43)O5)nc3c2ccc2ccccc23)cc1. The summed E-state index contributed by atoms with van der Waals surface area (Å²) in [5.41, 5.74) is 7.39. The van der Waals surface area contributed by atoms with E-state index in [-0.39, 0.29) is 0 Å². The van der Waals surface area contributed by atoms with Crippen molar-refractivity contribution in [2.45, 2.75) is 0 Å². The Morgan fingerprint density at radius 1 is 0.455 bits per heavy atom. The minimum atomic E-state index is 0.645. The predicted octanol–water partition coefficient (Wildman–Crippen LogP) is 10.5. The molecule has 10 rings (SSSR count). The van der Waals surface area contributed by atoms with Crippen molar-refractivity contribution in [2.75, 3.05) is 0 Å². The molecule has 1 aliphatic rings. The fraction of sp³-hybridized carbons (Fsp3) is 0. The molecule has 0 aliphatic carbocycles. The molecule has 4 nitrogen and oxygen atoms in total. The van der Waals surface area contributed by atoms with Gasteiger partial charge in [-0.25, -0.2) is 9.97 Å². The van der Waals surface area contributed by atoms with Gasteiger partial charge in [0, 0.05) is 27.1 Å². The molecule has 0 fully saturated rings. The molecule has 0 bridgehead atoms. The molecule has 4 heteroatoms. The maximum Gasteiger partial charge on any atom is 0.235 e. The maximum absolute atomic E-state index is 6.59. The Labute approximate surface area is 252 Å². The Morgan fingerprint density at radius 3 is 2.05 bits per heavy atom. The van der Waals surface area contributed by atoms with Crippen LogP contribution in [0.2, 0.25) is 0 Å². The summed E-state index contributed by atoms with van der Waals surface area (Å²) >= 11 is 0. The van der Waals surface area contributed by atoms with E-state index >= 15 is 0 Å². The summed E-state index contributed by atoms with van der Waals surface area (Å²) < 4.78 is 8.81. The molecule has 0 saturated carbocycles. The highest BCUT2D eigenvalue weighted by atomic mass is 16.5. The molecule has 1 aliphatic heterocycles. The number of fused-ring (bicyclic) bond motifs is 3. The molecule has 0 radical (unpaired) electrons. The summed E-state index contributed by atoms with van der Waals surface area (Å²) in [4.78, 5) is 10.7. The minimum Gasteiger partial charge on any atom is -0.456 e. The van der Waals surface area contributed by atoms with Crippen LogP contribution in [0.5, 0.6) is 11.5 Å². The van der Waals surface area contributed by atoms with E-state index in [4.69, 9.17) is 14.7 Å². The first kappa shape index (κ1) is 23.6. The van der Waals surface area contributed by atoms with Gasteiger partial charge in [0.25, 0.3) is 0 Å². The third-order valence-corrected chi connectivity index (χ3v) is 8.99. The number of benzene rings is 7. The van der Waals surface area contributed by atoms with Gasteiger partial charge in [0.2, 0.25) is 5.95 Å². The Kier molecular flexibility index (Phi) is 4.69. The zero-order valence-corrected chi connectivity index (χ0v) is 23.5. The first-order chi connectivity index (χ1) is 21.8. The molecule has 0 unspecified atom stereocenters. The van der Waals surface area contributed by atoms with Crippen LogP contribution in [0.4, 0.5) is 0 Å². The first-order valence-electron chi connectivity index (χ1n) is 14.8. The van der Waals surface area contributed by atoms with Crippen LogP contribution in [-0.2, 0) is 0 Å². The van der Waals surface area contributed by atoms with E-state index in [1.807, 2.05) is 6.07 Å². The molecular formula is C40H23N3O. The fourth-order valence-corrected chi connectivity index (χ4v) is 7.07. The Bertz CT molecular complexity index is 2620. The normalized spacial score (nSPS) is 12.3. The van der Waals surface area contributed by atoms with Crippen LogP contribution < -0.4 is 4.74 Å². The summed E-state index contributed by atoms with van der Waals surface area (Å²) in [5, 5.41) is 7.87. The molecule has 0 atom stereocenters. The van der Waals surface area contributed by atoms with E-state index < -0.39 is 0 Å². The van der Waals surface area contributed by atoms with Gasteiger partial charge in [-0.3, -0.25) is 4.57 Å². The van der Waals surface area contributed by atoms with Crippen LogP contribution in [0.15, 0.2) is 140 Å². The van der Waals surface area contributed by atoms with Gasteiger partial charge < -0.3 is 4.74 Å². The highest BCUT2D eigenvalue weighted by Crippen LogP contribution is 2.50. The molecule has 2 aromatic heterocycles. The number of ether oxygens (including phenoxy) is 1. The van der Waals surface area contributed by atoms with Crippen molar-refractivity contribution in [3.63, 3.8) is 0 Å². The van der Waals surface area contributed by atoms with Crippen molar-refractivity contribution in [1.29, 1.82) is 0 Å². The molecule has 7 aromatic carbocycles. The van der Waals surface area contributed by atoms with E-state index in [1.54, 1.807) is 0 Å². The summed E-state index contributed by atoms with van der Waals surface area (Å²) in [6, 6.07) is 48.7. The molecule has 9 aromatic rings. The fourth-order valence-electron chi connectivity index (χ4n) is 7.07. The molecule has 0 saturated heterocycles. The molecule has 204 valence electrons. The minimum absolute atomic E-state index is 0.645. The van der Waals surface area contributed by atoms with Gasteiger partial charge in [0.05, 0.1) is 27.6 Å². The first-order valence-corrected chi connectivity index (χ1v) is 14.8.